The van der Waals surface area contributed by atoms with Gasteiger partial charge in [-0.3, -0.25) is 0 Å². The van der Waals surface area contributed by atoms with Crippen LogP contribution in [0.1, 0.15) is 25.0 Å². The molecule has 0 saturated heterocycles. The van der Waals surface area contributed by atoms with Crippen LogP contribution < -0.4 is 3.71 Å². The molecule has 0 saturated carbocycles. The normalized spacial score (nSPS) is 11.9. The van der Waals surface area contributed by atoms with Gasteiger partial charge in [0.2, 0.25) is 0 Å². The second kappa shape index (κ2) is 10.8. The van der Waals surface area contributed by atoms with Crippen molar-refractivity contribution in [2.45, 2.75) is 36.5 Å². The van der Waals surface area contributed by atoms with E-state index in [1.807, 2.05) is 37.4 Å². The lowest BCUT2D eigenvalue weighted by atomic mass is 10.2. The zero-order valence-electron chi connectivity index (χ0n) is 21.4. The average molecular weight is 578 g/mol. The number of hydrogen-bond donors (Lipinski definition) is 0. The SMILES string of the molecule is CCc1ccc(S(=O)(=O)N(c2cc(-c3cccs3)nn2-c2ccccc2)S(=O)(=O)c2ccc(CC)cc2)cc1. The van der Waals surface area contributed by atoms with Gasteiger partial charge in [0.25, 0.3) is 20.0 Å². The van der Waals surface area contributed by atoms with Gasteiger partial charge in [-0.05, 0) is 71.8 Å². The van der Waals surface area contributed by atoms with Gasteiger partial charge in [-0.25, -0.2) is 4.68 Å². The number of hydrogen-bond acceptors (Lipinski definition) is 6. The first-order chi connectivity index (χ1) is 18.8. The Hall–Kier alpha value is -3.73. The van der Waals surface area contributed by atoms with Crippen molar-refractivity contribution in [2.75, 3.05) is 3.71 Å². The van der Waals surface area contributed by atoms with E-state index in [4.69, 9.17) is 0 Å². The highest BCUT2D eigenvalue weighted by molar-refractivity contribution is 8.10. The maximum atomic E-state index is 14.3. The summed E-state index contributed by atoms with van der Waals surface area (Å²) in [4.78, 5) is 0.513. The molecular formula is C29H27N3O4S3. The minimum Gasteiger partial charge on any atom is -0.215 e. The Kier molecular flexibility index (Phi) is 7.44. The summed E-state index contributed by atoms with van der Waals surface area (Å²) >= 11 is 1.43. The number of para-hydroxylation sites is 1. The van der Waals surface area contributed by atoms with Crippen LogP contribution in [0, 0.1) is 0 Å². The van der Waals surface area contributed by atoms with Gasteiger partial charge in [-0.2, -0.15) is 21.9 Å². The maximum absolute atomic E-state index is 14.3. The lowest BCUT2D eigenvalue weighted by Crippen LogP contribution is -2.38. The van der Waals surface area contributed by atoms with Gasteiger partial charge in [-0.1, -0.05) is 62.4 Å². The van der Waals surface area contributed by atoms with Gasteiger partial charge < -0.3 is 0 Å². The Balaban J connectivity index is 1.79. The summed E-state index contributed by atoms with van der Waals surface area (Å²) in [6, 6.07) is 26.7. The smallest absolute Gasteiger partial charge is 0.215 e. The van der Waals surface area contributed by atoms with E-state index < -0.39 is 20.0 Å². The monoisotopic (exact) mass is 577 g/mol. The second-order valence-corrected chi connectivity index (χ2v) is 13.6. The van der Waals surface area contributed by atoms with Crippen LogP contribution in [0.3, 0.4) is 0 Å². The van der Waals surface area contributed by atoms with Crippen LogP contribution in [-0.2, 0) is 32.9 Å². The minimum atomic E-state index is -4.60. The van der Waals surface area contributed by atoms with Crippen LogP contribution in [0.2, 0.25) is 0 Å². The molecule has 0 aliphatic rings. The average Bonchev–Trinajstić information content (AvgIpc) is 3.64. The highest BCUT2D eigenvalue weighted by Crippen LogP contribution is 2.36. The molecule has 2 aromatic heterocycles. The largest absolute Gasteiger partial charge is 0.279 e. The molecular weight excluding hydrogens is 551 g/mol. The highest BCUT2D eigenvalue weighted by atomic mass is 32.3. The number of thiophene rings is 1. The lowest BCUT2D eigenvalue weighted by molar-refractivity contribution is 0.582. The van der Waals surface area contributed by atoms with E-state index in [1.165, 1.54) is 46.4 Å². The fourth-order valence-corrected chi connectivity index (χ4v) is 8.49. The quantitative estimate of drug-likeness (QED) is 0.205. The number of aryl methyl sites for hydroxylation is 2. The van der Waals surface area contributed by atoms with Gasteiger partial charge in [0.1, 0.15) is 5.69 Å². The van der Waals surface area contributed by atoms with E-state index in [2.05, 4.69) is 5.10 Å². The molecule has 0 aliphatic carbocycles. The number of nitrogens with zero attached hydrogens (tertiary/aromatic N) is 3. The molecule has 7 nitrogen and oxygen atoms in total. The molecule has 3 aromatic carbocycles. The highest BCUT2D eigenvalue weighted by Gasteiger charge is 2.40. The Morgan fingerprint density at radius 3 is 1.72 bits per heavy atom. The first-order valence-electron chi connectivity index (χ1n) is 12.4. The van der Waals surface area contributed by atoms with Crippen LogP contribution in [-0.4, -0.2) is 26.6 Å². The summed E-state index contributed by atoms with van der Waals surface area (Å²) in [5.41, 5.74) is 2.86. The molecule has 200 valence electrons. The van der Waals surface area contributed by atoms with E-state index in [1.54, 1.807) is 48.5 Å². The van der Waals surface area contributed by atoms with Crippen LogP contribution >= 0.6 is 11.3 Å². The van der Waals surface area contributed by atoms with Crippen molar-refractivity contribution < 1.29 is 16.8 Å². The summed E-state index contributed by atoms with van der Waals surface area (Å²) in [7, 11) is -9.20. The maximum Gasteiger partial charge on any atom is 0.279 e. The molecule has 0 unspecified atom stereocenters. The Labute approximate surface area is 233 Å². The Bertz CT molecular complexity index is 1700. The molecule has 0 amide bonds. The molecule has 0 aliphatic heterocycles. The van der Waals surface area contributed by atoms with E-state index in [0.29, 0.717) is 15.1 Å². The van der Waals surface area contributed by atoms with Crippen LogP contribution in [0.15, 0.2) is 112 Å². The van der Waals surface area contributed by atoms with E-state index in [-0.39, 0.29) is 15.6 Å². The van der Waals surface area contributed by atoms with Crippen molar-refractivity contribution in [1.82, 2.24) is 9.78 Å². The van der Waals surface area contributed by atoms with Crippen molar-refractivity contribution in [2.24, 2.45) is 0 Å². The Morgan fingerprint density at radius 1 is 0.718 bits per heavy atom. The molecule has 5 rings (SSSR count). The first-order valence-corrected chi connectivity index (χ1v) is 16.2. The molecule has 0 bridgehead atoms. The molecule has 0 spiro atoms. The predicted octanol–water partition coefficient (Wildman–Crippen LogP) is 6.31. The minimum absolute atomic E-state index is 0.108. The van der Waals surface area contributed by atoms with Crippen molar-refractivity contribution in [3.8, 4) is 16.3 Å². The Morgan fingerprint density at radius 2 is 1.26 bits per heavy atom. The van der Waals surface area contributed by atoms with Crippen LogP contribution in [0.5, 0.6) is 0 Å². The van der Waals surface area contributed by atoms with Crippen molar-refractivity contribution >= 4 is 37.2 Å². The summed E-state index contributed by atoms with van der Waals surface area (Å²) in [5, 5.41) is 6.55. The van der Waals surface area contributed by atoms with Crippen LogP contribution in [0.25, 0.3) is 16.3 Å². The standard InChI is InChI=1S/C29H27N3O4S3/c1-3-22-12-16-25(17-13-22)38(33,34)32(39(35,36)26-18-14-23(4-2)15-19-26)29-21-27(28-11-8-20-37-28)30-31(29)24-9-6-5-7-10-24/h5-21H,3-4H2,1-2H3. The fraction of sp³-hybridized carbons (Fsp3) is 0.138. The molecule has 0 N–H and O–H groups in total. The van der Waals surface area contributed by atoms with Crippen molar-refractivity contribution in [3.63, 3.8) is 0 Å². The third-order valence-electron chi connectivity index (χ3n) is 6.35. The fourth-order valence-electron chi connectivity index (χ4n) is 4.17. The summed E-state index contributed by atoms with van der Waals surface area (Å²) in [6.07, 6.45) is 1.44. The molecule has 10 heteroatoms. The summed E-state index contributed by atoms with van der Waals surface area (Å²) in [6.45, 7) is 3.93. The van der Waals surface area contributed by atoms with Crippen LogP contribution in [0.4, 0.5) is 5.82 Å². The zero-order chi connectivity index (χ0) is 27.6. The molecule has 5 aromatic rings. The van der Waals surface area contributed by atoms with Gasteiger partial charge in [0, 0.05) is 6.07 Å². The molecule has 0 radical (unpaired) electrons. The molecule has 39 heavy (non-hydrogen) atoms. The van der Waals surface area contributed by atoms with Crippen molar-refractivity contribution in [3.05, 3.63) is 114 Å². The second-order valence-electron chi connectivity index (χ2n) is 8.81. The van der Waals surface area contributed by atoms with Gasteiger partial charge >= 0.3 is 0 Å². The van der Waals surface area contributed by atoms with Crippen molar-refractivity contribution in [1.29, 1.82) is 0 Å². The summed E-state index contributed by atoms with van der Waals surface area (Å²) < 4.78 is 58.9. The third kappa shape index (κ3) is 5.15. The lowest BCUT2D eigenvalue weighted by Gasteiger charge is -2.24. The van der Waals surface area contributed by atoms with E-state index in [9.17, 15) is 16.8 Å². The summed E-state index contributed by atoms with van der Waals surface area (Å²) in [5.74, 6) is -0.108. The number of rotatable bonds is 9. The third-order valence-corrected chi connectivity index (χ3v) is 11.4. The predicted molar refractivity (Wildman–Crippen MR) is 155 cm³/mol. The van der Waals surface area contributed by atoms with E-state index >= 15 is 0 Å². The number of benzene rings is 3. The first kappa shape index (κ1) is 26.9. The number of anilines is 1. The zero-order valence-corrected chi connectivity index (χ0v) is 23.9. The molecule has 0 fully saturated rings. The van der Waals surface area contributed by atoms with Gasteiger partial charge in [0.05, 0.1) is 20.4 Å². The number of sulfonamides is 2. The number of aromatic nitrogens is 2. The van der Waals surface area contributed by atoms with E-state index in [0.717, 1.165) is 28.8 Å². The van der Waals surface area contributed by atoms with Gasteiger partial charge in [-0.15, -0.1) is 15.0 Å². The molecule has 2 heterocycles. The topological polar surface area (TPSA) is 89.3 Å². The molecule has 0 atom stereocenters. The van der Waals surface area contributed by atoms with Gasteiger partial charge in [0.15, 0.2) is 5.82 Å².